The molecule has 0 aromatic heterocycles. The number of piperidine rings is 1. The Labute approximate surface area is 141 Å². The first-order valence-corrected chi connectivity index (χ1v) is 8.59. The van der Waals surface area contributed by atoms with Crippen LogP contribution in [-0.2, 0) is 0 Å². The number of benzene rings is 1. The standard InChI is InChI=1S/C18H24FN3O2/c1-11(2)20-18(24)22-15-7-8-16(22)10-14(9-15)21-17(23)12-3-5-13(19)6-4-12/h3-6,11,14-16H,7-10H2,1-2H3,(H,20,24)(H,21,23)/t14?,15-,16+. The maximum Gasteiger partial charge on any atom is 0.318 e. The van der Waals surface area contributed by atoms with Crippen LogP contribution < -0.4 is 10.6 Å². The third-order valence-corrected chi connectivity index (χ3v) is 4.82. The van der Waals surface area contributed by atoms with Crippen molar-refractivity contribution < 1.29 is 14.0 Å². The van der Waals surface area contributed by atoms with E-state index in [2.05, 4.69) is 10.6 Å². The van der Waals surface area contributed by atoms with Crippen molar-refractivity contribution >= 4 is 11.9 Å². The number of nitrogens with one attached hydrogen (secondary N) is 2. The van der Waals surface area contributed by atoms with Gasteiger partial charge in [-0.15, -0.1) is 0 Å². The topological polar surface area (TPSA) is 61.4 Å². The molecule has 6 heteroatoms. The van der Waals surface area contributed by atoms with Crippen LogP contribution in [-0.4, -0.2) is 41.0 Å². The highest BCUT2D eigenvalue weighted by atomic mass is 19.1. The summed E-state index contributed by atoms with van der Waals surface area (Å²) in [6.07, 6.45) is 3.52. The maximum atomic E-state index is 13.0. The lowest BCUT2D eigenvalue weighted by Crippen LogP contribution is -2.55. The molecule has 3 amide bonds. The fraction of sp³-hybridized carbons (Fsp3) is 0.556. The third-order valence-electron chi connectivity index (χ3n) is 4.82. The second kappa shape index (κ2) is 6.79. The van der Waals surface area contributed by atoms with E-state index in [9.17, 15) is 14.0 Å². The van der Waals surface area contributed by atoms with Gasteiger partial charge in [-0.05, 0) is 63.8 Å². The number of fused-ring (bicyclic) bond motifs is 2. The first-order valence-electron chi connectivity index (χ1n) is 8.59. The van der Waals surface area contributed by atoms with Crippen molar-refractivity contribution in [2.24, 2.45) is 0 Å². The van der Waals surface area contributed by atoms with Gasteiger partial charge in [0.05, 0.1) is 0 Å². The predicted molar refractivity (Wildman–Crippen MR) is 89.2 cm³/mol. The van der Waals surface area contributed by atoms with Crippen LogP contribution in [0, 0.1) is 5.82 Å². The van der Waals surface area contributed by atoms with Gasteiger partial charge in [0.1, 0.15) is 5.82 Å². The number of carbonyl (C=O) groups is 2. The zero-order chi connectivity index (χ0) is 17.3. The molecule has 2 saturated heterocycles. The number of rotatable bonds is 3. The Morgan fingerprint density at radius 3 is 2.25 bits per heavy atom. The summed E-state index contributed by atoms with van der Waals surface area (Å²) in [6, 6.07) is 6.10. The average Bonchev–Trinajstić information content (AvgIpc) is 2.79. The van der Waals surface area contributed by atoms with Crippen LogP contribution in [0.5, 0.6) is 0 Å². The summed E-state index contributed by atoms with van der Waals surface area (Å²) in [5.74, 6) is -0.534. The van der Waals surface area contributed by atoms with E-state index in [0.717, 1.165) is 25.7 Å². The van der Waals surface area contributed by atoms with Crippen molar-refractivity contribution in [1.82, 2.24) is 15.5 Å². The Balaban J connectivity index is 1.60. The minimum Gasteiger partial charge on any atom is -0.349 e. The molecule has 24 heavy (non-hydrogen) atoms. The van der Waals surface area contributed by atoms with Gasteiger partial charge in [-0.3, -0.25) is 4.79 Å². The van der Waals surface area contributed by atoms with Crippen molar-refractivity contribution in [3.8, 4) is 0 Å². The van der Waals surface area contributed by atoms with Gasteiger partial charge >= 0.3 is 6.03 Å². The molecule has 3 atom stereocenters. The van der Waals surface area contributed by atoms with Gasteiger partial charge < -0.3 is 15.5 Å². The highest BCUT2D eigenvalue weighted by Gasteiger charge is 2.43. The van der Waals surface area contributed by atoms with E-state index < -0.39 is 0 Å². The van der Waals surface area contributed by atoms with Gasteiger partial charge in [-0.1, -0.05) is 0 Å². The first kappa shape index (κ1) is 16.7. The van der Waals surface area contributed by atoms with Crippen molar-refractivity contribution in [1.29, 1.82) is 0 Å². The van der Waals surface area contributed by atoms with Crippen LogP contribution in [0.3, 0.4) is 0 Å². The molecule has 2 N–H and O–H groups in total. The molecule has 2 heterocycles. The lowest BCUT2D eigenvalue weighted by molar-refractivity contribution is 0.0884. The van der Waals surface area contributed by atoms with Gasteiger partial charge in [0.2, 0.25) is 0 Å². The number of amides is 3. The summed E-state index contributed by atoms with van der Waals surface area (Å²) in [6.45, 7) is 3.91. The molecule has 0 spiro atoms. The minimum atomic E-state index is -0.353. The van der Waals surface area contributed by atoms with Gasteiger partial charge in [-0.25, -0.2) is 9.18 Å². The summed E-state index contributed by atoms with van der Waals surface area (Å²) >= 11 is 0. The SMILES string of the molecule is CC(C)NC(=O)N1[C@@H]2CC[C@H]1CC(NC(=O)c1ccc(F)cc1)C2. The lowest BCUT2D eigenvalue weighted by atomic mass is 9.97. The van der Waals surface area contributed by atoms with Crippen LogP contribution in [0.25, 0.3) is 0 Å². The molecule has 3 rings (SSSR count). The van der Waals surface area contributed by atoms with Crippen molar-refractivity contribution in [2.45, 2.75) is 63.7 Å². The number of urea groups is 1. The summed E-state index contributed by atoms with van der Waals surface area (Å²) in [5.41, 5.74) is 0.462. The summed E-state index contributed by atoms with van der Waals surface area (Å²) < 4.78 is 13.0. The Kier molecular flexibility index (Phi) is 4.73. The molecule has 2 aliphatic rings. The molecule has 5 nitrogen and oxygen atoms in total. The zero-order valence-corrected chi connectivity index (χ0v) is 14.1. The maximum absolute atomic E-state index is 13.0. The van der Waals surface area contributed by atoms with E-state index in [1.165, 1.54) is 24.3 Å². The predicted octanol–water partition coefficient (Wildman–Crippen LogP) is 2.67. The van der Waals surface area contributed by atoms with Gasteiger partial charge in [0.25, 0.3) is 5.91 Å². The minimum absolute atomic E-state index is 0.000751. The number of halogens is 1. The first-order chi connectivity index (χ1) is 11.4. The van der Waals surface area contributed by atoms with Crippen LogP contribution in [0.4, 0.5) is 9.18 Å². The molecule has 1 aromatic rings. The molecule has 1 aromatic carbocycles. The molecular formula is C18H24FN3O2. The van der Waals surface area contributed by atoms with Gasteiger partial charge in [-0.2, -0.15) is 0 Å². The Morgan fingerprint density at radius 1 is 1.12 bits per heavy atom. The second-order valence-electron chi connectivity index (χ2n) is 7.05. The van der Waals surface area contributed by atoms with Crippen molar-refractivity contribution in [3.05, 3.63) is 35.6 Å². The second-order valence-corrected chi connectivity index (χ2v) is 7.05. The molecule has 2 fully saturated rings. The number of nitrogens with zero attached hydrogens (tertiary/aromatic N) is 1. The fourth-order valence-corrected chi connectivity index (χ4v) is 3.82. The van der Waals surface area contributed by atoms with E-state index in [-0.39, 0.29) is 41.9 Å². The number of carbonyl (C=O) groups excluding carboxylic acids is 2. The Hall–Kier alpha value is -2.11. The average molecular weight is 333 g/mol. The van der Waals surface area contributed by atoms with Crippen molar-refractivity contribution in [3.63, 3.8) is 0 Å². The molecular weight excluding hydrogens is 309 g/mol. The number of hydrogen-bond acceptors (Lipinski definition) is 2. The van der Waals surface area contributed by atoms with Gasteiger partial charge in [0, 0.05) is 29.7 Å². The van der Waals surface area contributed by atoms with E-state index in [1.807, 2.05) is 18.7 Å². The largest absolute Gasteiger partial charge is 0.349 e. The number of hydrogen-bond donors (Lipinski definition) is 2. The molecule has 0 radical (unpaired) electrons. The molecule has 1 unspecified atom stereocenters. The van der Waals surface area contributed by atoms with Gasteiger partial charge in [0.15, 0.2) is 0 Å². The molecule has 2 aliphatic heterocycles. The summed E-state index contributed by atoms with van der Waals surface area (Å²) in [4.78, 5) is 26.6. The monoisotopic (exact) mass is 333 g/mol. The van der Waals surface area contributed by atoms with E-state index >= 15 is 0 Å². The van der Waals surface area contributed by atoms with Crippen LogP contribution >= 0.6 is 0 Å². The quantitative estimate of drug-likeness (QED) is 0.893. The van der Waals surface area contributed by atoms with Crippen LogP contribution in [0.1, 0.15) is 49.9 Å². The molecule has 0 saturated carbocycles. The normalized spacial score (nSPS) is 25.7. The highest BCUT2D eigenvalue weighted by molar-refractivity contribution is 5.94. The van der Waals surface area contributed by atoms with Crippen LogP contribution in [0.15, 0.2) is 24.3 Å². The summed E-state index contributed by atoms with van der Waals surface area (Å²) in [7, 11) is 0. The molecule has 130 valence electrons. The van der Waals surface area contributed by atoms with E-state index in [4.69, 9.17) is 0 Å². The summed E-state index contributed by atoms with van der Waals surface area (Å²) in [5, 5.41) is 6.00. The van der Waals surface area contributed by atoms with E-state index in [0.29, 0.717) is 5.56 Å². The fourth-order valence-electron chi connectivity index (χ4n) is 3.82. The zero-order valence-electron chi connectivity index (χ0n) is 14.1. The molecule has 0 aliphatic carbocycles. The lowest BCUT2D eigenvalue weighted by Gasteiger charge is -2.39. The third kappa shape index (κ3) is 3.52. The van der Waals surface area contributed by atoms with E-state index in [1.54, 1.807) is 0 Å². The Bertz CT molecular complexity index is 603. The smallest absolute Gasteiger partial charge is 0.318 e. The molecule has 2 bridgehead atoms. The Morgan fingerprint density at radius 2 is 1.71 bits per heavy atom. The van der Waals surface area contributed by atoms with Crippen LogP contribution in [0.2, 0.25) is 0 Å². The van der Waals surface area contributed by atoms with Crippen molar-refractivity contribution in [2.75, 3.05) is 0 Å². The highest BCUT2D eigenvalue weighted by Crippen LogP contribution is 2.35.